The van der Waals surface area contributed by atoms with Gasteiger partial charge in [0.1, 0.15) is 5.75 Å². The monoisotopic (exact) mass is 235 g/mol. The standard InChI is InChI=1S/C15H25NO/c1-4-10-16-12-13(3)14-6-8-15(9-7-14)17-11-5-2/h6-9,13,16H,4-5,10-12H2,1-3H3. The summed E-state index contributed by atoms with van der Waals surface area (Å²) in [5, 5.41) is 3.45. The Morgan fingerprint density at radius 3 is 2.41 bits per heavy atom. The molecule has 0 saturated heterocycles. The molecule has 0 spiro atoms. The van der Waals surface area contributed by atoms with E-state index in [0.29, 0.717) is 5.92 Å². The van der Waals surface area contributed by atoms with E-state index in [4.69, 9.17) is 4.74 Å². The number of benzene rings is 1. The molecule has 17 heavy (non-hydrogen) atoms. The summed E-state index contributed by atoms with van der Waals surface area (Å²) in [5.41, 5.74) is 1.37. The molecule has 1 aromatic rings. The number of hydrogen-bond donors (Lipinski definition) is 1. The van der Waals surface area contributed by atoms with Gasteiger partial charge in [-0.1, -0.05) is 32.9 Å². The zero-order valence-electron chi connectivity index (χ0n) is 11.3. The van der Waals surface area contributed by atoms with E-state index >= 15 is 0 Å². The van der Waals surface area contributed by atoms with Crippen LogP contribution in [-0.2, 0) is 0 Å². The summed E-state index contributed by atoms with van der Waals surface area (Å²) in [5.74, 6) is 1.53. The van der Waals surface area contributed by atoms with E-state index in [1.165, 1.54) is 12.0 Å². The topological polar surface area (TPSA) is 21.3 Å². The summed E-state index contributed by atoms with van der Waals surface area (Å²) in [7, 11) is 0. The second-order valence-corrected chi connectivity index (χ2v) is 4.52. The third kappa shape index (κ3) is 5.22. The van der Waals surface area contributed by atoms with E-state index in [-0.39, 0.29) is 0 Å². The predicted octanol–water partition coefficient (Wildman–Crippen LogP) is 3.58. The lowest BCUT2D eigenvalue weighted by molar-refractivity contribution is 0.317. The molecule has 1 aromatic carbocycles. The van der Waals surface area contributed by atoms with Crippen LogP contribution in [0, 0.1) is 0 Å². The molecule has 1 unspecified atom stereocenters. The Bertz CT molecular complexity index is 294. The minimum Gasteiger partial charge on any atom is -0.494 e. The highest BCUT2D eigenvalue weighted by molar-refractivity contribution is 5.29. The second-order valence-electron chi connectivity index (χ2n) is 4.52. The van der Waals surface area contributed by atoms with Crippen molar-refractivity contribution in [2.24, 2.45) is 0 Å². The molecule has 2 nitrogen and oxygen atoms in total. The number of nitrogens with one attached hydrogen (secondary N) is 1. The van der Waals surface area contributed by atoms with Crippen LogP contribution in [-0.4, -0.2) is 19.7 Å². The molecule has 0 amide bonds. The average Bonchev–Trinajstić information content (AvgIpc) is 2.37. The Hall–Kier alpha value is -1.02. The fourth-order valence-electron chi connectivity index (χ4n) is 1.73. The van der Waals surface area contributed by atoms with E-state index in [0.717, 1.165) is 31.9 Å². The molecule has 1 atom stereocenters. The van der Waals surface area contributed by atoms with Crippen molar-refractivity contribution in [2.75, 3.05) is 19.7 Å². The van der Waals surface area contributed by atoms with Gasteiger partial charge in [0.2, 0.25) is 0 Å². The largest absolute Gasteiger partial charge is 0.494 e. The smallest absolute Gasteiger partial charge is 0.119 e. The second kappa shape index (κ2) is 8.13. The molecule has 96 valence electrons. The van der Waals surface area contributed by atoms with Crippen molar-refractivity contribution in [3.63, 3.8) is 0 Å². The van der Waals surface area contributed by atoms with Gasteiger partial charge in [-0.15, -0.1) is 0 Å². The highest BCUT2D eigenvalue weighted by atomic mass is 16.5. The molecule has 0 aromatic heterocycles. The summed E-state index contributed by atoms with van der Waals surface area (Å²) in [6.45, 7) is 9.51. The van der Waals surface area contributed by atoms with E-state index in [9.17, 15) is 0 Å². The van der Waals surface area contributed by atoms with Gasteiger partial charge in [0.05, 0.1) is 6.61 Å². The number of hydrogen-bond acceptors (Lipinski definition) is 2. The van der Waals surface area contributed by atoms with E-state index in [2.05, 4.69) is 50.4 Å². The van der Waals surface area contributed by atoms with Gasteiger partial charge in [-0.25, -0.2) is 0 Å². The Morgan fingerprint density at radius 1 is 1.12 bits per heavy atom. The molecule has 0 aliphatic carbocycles. The fourth-order valence-corrected chi connectivity index (χ4v) is 1.73. The van der Waals surface area contributed by atoms with Gasteiger partial charge < -0.3 is 10.1 Å². The normalized spacial score (nSPS) is 12.4. The highest BCUT2D eigenvalue weighted by Crippen LogP contribution is 2.18. The van der Waals surface area contributed by atoms with Crippen LogP contribution < -0.4 is 10.1 Å². The van der Waals surface area contributed by atoms with Crippen molar-refractivity contribution in [3.05, 3.63) is 29.8 Å². The van der Waals surface area contributed by atoms with Crippen molar-refractivity contribution in [2.45, 2.75) is 39.5 Å². The van der Waals surface area contributed by atoms with E-state index in [1.807, 2.05) is 0 Å². The van der Waals surface area contributed by atoms with Crippen LogP contribution >= 0.6 is 0 Å². The molecular formula is C15H25NO. The third-order valence-electron chi connectivity index (χ3n) is 2.80. The van der Waals surface area contributed by atoms with E-state index in [1.54, 1.807) is 0 Å². The zero-order chi connectivity index (χ0) is 12.5. The van der Waals surface area contributed by atoms with Crippen molar-refractivity contribution < 1.29 is 4.74 Å². The van der Waals surface area contributed by atoms with Crippen molar-refractivity contribution in [1.29, 1.82) is 0 Å². The molecular weight excluding hydrogens is 210 g/mol. The molecule has 0 bridgehead atoms. The first-order valence-electron chi connectivity index (χ1n) is 6.71. The summed E-state index contributed by atoms with van der Waals surface area (Å²) < 4.78 is 5.57. The molecule has 0 saturated carbocycles. The van der Waals surface area contributed by atoms with Gasteiger partial charge in [0.15, 0.2) is 0 Å². The van der Waals surface area contributed by atoms with Crippen LogP contribution in [0.15, 0.2) is 24.3 Å². The average molecular weight is 235 g/mol. The Kier molecular flexibility index (Phi) is 6.71. The summed E-state index contributed by atoms with van der Waals surface area (Å²) in [6, 6.07) is 8.48. The quantitative estimate of drug-likeness (QED) is 0.695. The van der Waals surface area contributed by atoms with Gasteiger partial charge in [-0.2, -0.15) is 0 Å². The molecule has 0 heterocycles. The predicted molar refractivity (Wildman–Crippen MR) is 73.8 cm³/mol. The summed E-state index contributed by atoms with van der Waals surface area (Å²) >= 11 is 0. The highest BCUT2D eigenvalue weighted by Gasteiger charge is 2.04. The third-order valence-corrected chi connectivity index (χ3v) is 2.80. The molecule has 2 heteroatoms. The molecule has 0 radical (unpaired) electrons. The maximum Gasteiger partial charge on any atom is 0.119 e. The molecule has 0 fully saturated rings. The summed E-state index contributed by atoms with van der Waals surface area (Å²) in [6.07, 6.45) is 2.25. The Labute approximate surface area is 105 Å². The fraction of sp³-hybridized carbons (Fsp3) is 0.600. The maximum absolute atomic E-state index is 5.57. The van der Waals surface area contributed by atoms with Crippen molar-refractivity contribution in [3.8, 4) is 5.75 Å². The van der Waals surface area contributed by atoms with Crippen molar-refractivity contribution in [1.82, 2.24) is 5.32 Å². The summed E-state index contributed by atoms with van der Waals surface area (Å²) in [4.78, 5) is 0. The first-order chi connectivity index (χ1) is 8.27. The Balaban J connectivity index is 2.43. The Morgan fingerprint density at radius 2 is 1.82 bits per heavy atom. The lowest BCUT2D eigenvalue weighted by atomic mass is 10.0. The molecule has 1 N–H and O–H groups in total. The SMILES string of the molecule is CCCNCC(C)c1ccc(OCCC)cc1. The van der Waals surface area contributed by atoms with Crippen LogP contribution in [0.5, 0.6) is 5.75 Å². The minimum atomic E-state index is 0.557. The first kappa shape index (κ1) is 14.0. The first-order valence-corrected chi connectivity index (χ1v) is 6.71. The maximum atomic E-state index is 5.57. The van der Waals surface area contributed by atoms with Crippen LogP contribution in [0.4, 0.5) is 0 Å². The van der Waals surface area contributed by atoms with Crippen LogP contribution in [0.2, 0.25) is 0 Å². The number of rotatable bonds is 8. The number of ether oxygens (including phenoxy) is 1. The van der Waals surface area contributed by atoms with Crippen LogP contribution in [0.3, 0.4) is 0 Å². The lowest BCUT2D eigenvalue weighted by Crippen LogP contribution is -2.20. The van der Waals surface area contributed by atoms with Gasteiger partial charge in [-0.05, 0) is 43.0 Å². The molecule has 0 aliphatic rings. The van der Waals surface area contributed by atoms with Crippen LogP contribution in [0.1, 0.15) is 45.1 Å². The van der Waals surface area contributed by atoms with Gasteiger partial charge in [0.25, 0.3) is 0 Å². The van der Waals surface area contributed by atoms with E-state index < -0.39 is 0 Å². The molecule has 1 rings (SSSR count). The minimum absolute atomic E-state index is 0.557. The van der Waals surface area contributed by atoms with Crippen molar-refractivity contribution >= 4 is 0 Å². The van der Waals surface area contributed by atoms with Gasteiger partial charge >= 0.3 is 0 Å². The van der Waals surface area contributed by atoms with Gasteiger partial charge in [-0.3, -0.25) is 0 Å². The van der Waals surface area contributed by atoms with Crippen LogP contribution in [0.25, 0.3) is 0 Å². The lowest BCUT2D eigenvalue weighted by Gasteiger charge is -2.13. The van der Waals surface area contributed by atoms with Gasteiger partial charge in [0, 0.05) is 6.54 Å². The molecule has 0 aliphatic heterocycles. The zero-order valence-corrected chi connectivity index (χ0v) is 11.3.